The number of hydrogen-bond acceptors (Lipinski definition) is 6. The Kier molecular flexibility index (Phi) is 7.13. The Hall–Kier alpha value is -4.21. The minimum atomic E-state index is -0.756. The molecule has 0 aliphatic heterocycles. The Morgan fingerprint density at radius 2 is 1.18 bits per heavy atom. The van der Waals surface area contributed by atoms with Crippen LogP contribution in [0.1, 0.15) is 65.0 Å². The van der Waals surface area contributed by atoms with E-state index in [2.05, 4.69) is 10.3 Å². The van der Waals surface area contributed by atoms with E-state index in [9.17, 15) is 22.4 Å². The highest BCUT2D eigenvalue weighted by molar-refractivity contribution is 5.87. The molecule has 0 radical (unpaired) electrons. The summed E-state index contributed by atoms with van der Waals surface area (Å²) < 4.78 is 70.3. The molecule has 0 spiro atoms. The van der Waals surface area contributed by atoms with Crippen molar-refractivity contribution in [2.75, 3.05) is 7.11 Å². The fourth-order valence-corrected chi connectivity index (χ4v) is 4.12. The van der Waals surface area contributed by atoms with Crippen molar-refractivity contribution in [3.63, 3.8) is 0 Å². The van der Waals surface area contributed by atoms with Crippen LogP contribution in [0.4, 0.5) is 17.6 Å². The van der Waals surface area contributed by atoms with E-state index in [0.29, 0.717) is 23.4 Å². The molecule has 6 nitrogen and oxygen atoms in total. The molecule has 2 aliphatic carbocycles. The number of aromatic nitrogens is 2. The standard InChI is InChI=1S/C15H13F2NO2.C13H9F2NO2/c1-19-8-7-10-14(18-20-15(10)9-5-6-9)13-11(16)3-2-4-12(13)17;14-9-2-1-3-10(15)11(9)12-8(6-17)13(18-16-12)7-4-5-7/h2-4,7-9H,5-6H2,1H3;1-3,6-7H,4-5H2/b8-7+;. The van der Waals surface area contributed by atoms with Crippen LogP contribution in [0.15, 0.2) is 51.7 Å². The first kappa shape index (κ1) is 25.4. The SMILES string of the molecule is CO/C=C/c1c(-c2c(F)cccc2F)noc1C1CC1.O=Cc1c(-c2c(F)cccc2F)noc1C1CC1. The highest BCUT2D eigenvalue weighted by Crippen LogP contribution is 2.45. The number of nitrogens with zero attached hydrogens (tertiary/aromatic N) is 2. The van der Waals surface area contributed by atoms with Gasteiger partial charge in [0.1, 0.15) is 40.4 Å². The zero-order valence-electron chi connectivity index (χ0n) is 20.2. The first-order valence-electron chi connectivity index (χ1n) is 12.0. The van der Waals surface area contributed by atoms with Crippen molar-refractivity contribution in [1.82, 2.24) is 10.3 Å². The third-order valence-electron chi connectivity index (χ3n) is 6.30. The van der Waals surface area contributed by atoms with Crippen molar-refractivity contribution in [2.24, 2.45) is 0 Å². The summed E-state index contributed by atoms with van der Waals surface area (Å²) in [5.41, 5.74) is 0.382. The van der Waals surface area contributed by atoms with Gasteiger partial charge in [-0.2, -0.15) is 0 Å². The van der Waals surface area contributed by atoms with Gasteiger partial charge in [0.25, 0.3) is 0 Å². The monoisotopic (exact) mass is 526 g/mol. The summed E-state index contributed by atoms with van der Waals surface area (Å²) in [5.74, 6) is -1.30. The van der Waals surface area contributed by atoms with Gasteiger partial charge in [-0.05, 0) is 56.0 Å². The quantitative estimate of drug-likeness (QED) is 0.142. The van der Waals surface area contributed by atoms with Gasteiger partial charge in [-0.15, -0.1) is 0 Å². The maximum absolute atomic E-state index is 13.9. The number of methoxy groups -OCH3 is 1. The molecule has 0 N–H and O–H groups in total. The van der Waals surface area contributed by atoms with Gasteiger partial charge in [0, 0.05) is 17.4 Å². The zero-order valence-corrected chi connectivity index (χ0v) is 20.2. The average molecular weight is 526 g/mol. The van der Waals surface area contributed by atoms with E-state index in [0.717, 1.165) is 37.8 Å². The van der Waals surface area contributed by atoms with E-state index in [1.54, 1.807) is 6.08 Å². The van der Waals surface area contributed by atoms with Gasteiger partial charge in [0.15, 0.2) is 12.0 Å². The Bertz CT molecular complexity index is 1460. The number of rotatable bonds is 7. The Morgan fingerprint density at radius 3 is 1.58 bits per heavy atom. The third-order valence-corrected chi connectivity index (χ3v) is 6.30. The Morgan fingerprint density at radius 1 is 0.763 bits per heavy atom. The lowest BCUT2D eigenvalue weighted by Gasteiger charge is -2.02. The minimum absolute atomic E-state index is 0.0532. The molecule has 2 fully saturated rings. The van der Waals surface area contributed by atoms with Crippen molar-refractivity contribution >= 4 is 12.4 Å². The number of carbonyl (C=O) groups excluding carboxylic acids is 1. The maximum Gasteiger partial charge on any atom is 0.155 e. The fourth-order valence-electron chi connectivity index (χ4n) is 4.12. The molecule has 2 aliphatic rings. The van der Waals surface area contributed by atoms with Gasteiger partial charge in [-0.1, -0.05) is 22.4 Å². The summed E-state index contributed by atoms with van der Waals surface area (Å²) in [5, 5.41) is 7.51. The van der Waals surface area contributed by atoms with Gasteiger partial charge in [-0.3, -0.25) is 4.79 Å². The molecule has 2 heterocycles. The highest BCUT2D eigenvalue weighted by atomic mass is 19.1. The highest BCUT2D eigenvalue weighted by Gasteiger charge is 2.34. The van der Waals surface area contributed by atoms with Crippen LogP contribution < -0.4 is 0 Å². The molecule has 6 rings (SSSR count). The van der Waals surface area contributed by atoms with E-state index in [1.165, 1.54) is 37.6 Å². The van der Waals surface area contributed by atoms with Crippen LogP contribution in [0.2, 0.25) is 0 Å². The summed E-state index contributed by atoms with van der Waals surface area (Å²) in [6.45, 7) is 0. The van der Waals surface area contributed by atoms with E-state index in [1.807, 2.05) is 0 Å². The molecule has 0 unspecified atom stereocenters. The molecule has 0 atom stereocenters. The zero-order chi connectivity index (χ0) is 26.8. The lowest BCUT2D eigenvalue weighted by Crippen LogP contribution is -1.94. The van der Waals surface area contributed by atoms with Crippen molar-refractivity contribution in [1.29, 1.82) is 0 Å². The molecule has 38 heavy (non-hydrogen) atoms. The molecular weight excluding hydrogens is 504 g/mol. The predicted molar refractivity (Wildman–Crippen MR) is 129 cm³/mol. The van der Waals surface area contributed by atoms with Crippen LogP contribution in [0.3, 0.4) is 0 Å². The topological polar surface area (TPSA) is 78.4 Å². The maximum atomic E-state index is 13.9. The van der Waals surface area contributed by atoms with Crippen LogP contribution in [0.5, 0.6) is 0 Å². The third kappa shape index (κ3) is 4.98. The van der Waals surface area contributed by atoms with E-state index < -0.39 is 23.3 Å². The fraction of sp³-hybridized carbons (Fsp3) is 0.250. The van der Waals surface area contributed by atoms with Crippen molar-refractivity contribution in [3.05, 3.63) is 88.6 Å². The molecule has 196 valence electrons. The summed E-state index contributed by atoms with van der Waals surface area (Å²) >= 11 is 0. The number of ether oxygens (including phenoxy) is 1. The number of halogens is 4. The van der Waals surface area contributed by atoms with Gasteiger partial charge in [-0.25, -0.2) is 17.6 Å². The minimum Gasteiger partial charge on any atom is -0.504 e. The second kappa shape index (κ2) is 10.6. The van der Waals surface area contributed by atoms with Crippen molar-refractivity contribution < 1.29 is 36.1 Å². The normalized spacial score (nSPS) is 14.9. The van der Waals surface area contributed by atoms with E-state index >= 15 is 0 Å². The number of carbonyl (C=O) groups is 1. The Labute approximate surface area is 214 Å². The van der Waals surface area contributed by atoms with Gasteiger partial charge in [0.2, 0.25) is 0 Å². The average Bonchev–Trinajstić information content (AvgIpc) is 3.84. The molecule has 2 aromatic heterocycles. The molecule has 2 saturated carbocycles. The van der Waals surface area contributed by atoms with Crippen LogP contribution in [-0.2, 0) is 4.74 Å². The van der Waals surface area contributed by atoms with Gasteiger partial charge < -0.3 is 13.8 Å². The second-order valence-electron chi connectivity index (χ2n) is 9.02. The van der Waals surface area contributed by atoms with Crippen LogP contribution in [0.25, 0.3) is 28.6 Å². The molecule has 0 saturated heterocycles. The first-order valence-corrected chi connectivity index (χ1v) is 12.0. The Balaban J connectivity index is 0.000000156. The number of benzene rings is 2. The molecule has 2 aromatic carbocycles. The summed E-state index contributed by atoms with van der Waals surface area (Å²) in [7, 11) is 1.50. The molecular formula is C28H22F4N2O4. The summed E-state index contributed by atoms with van der Waals surface area (Å²) in [6, 6.07) is 7.23. The lowest BCUT2D eigenvalue weighted by atomic mass is 10.0. The first-order chi connectivity index (χ1) is 18.4. The summed E-state index contributed by atoms with van der Waals surface area (Å²) in [6.07, 6.45) is 7.45. The van der Waals surface area contributed by atoms with Crippen LogP contribution in [-0.4, -0.2) is 23.7 Å². The number of aldehydes is 1. The molecule has 0 amide bonds. The molecule has 10 heteroatoms. The van der Waals surface area contributed by atoms with Gasteiger partial charge in [0.05, 0.1) is 30.1 Å². The predicted octanol–water partition coefficient (Wildman–Crippen LogP) is 7.42. The van der Waals surface area contributed by atoms with Gasteiger partial charge >= 0.3 is 0 Å². The van der Waals surface area contributed by atoms with Crippen molar-refractivity contribution in [2.45, 2.75) is 37.5 Å². The number of hydrogen-bond donors (Lipinski definition) is 0. The van der Waals surface area contributed by atoms with Crippen LogP contribution in [0, 0.1) is 23.3 Å². The van der Waals surface area contributed by atoms with Crippen molar-refractivity contribution in [3.8, 4) is 22.5 Å². The lowest BCUT2D eigenvalue weighted by molar-refractivity contribution is 0.112. The molecule has 4 aromatic rings. The smallest absolute Gasteiger partial charge is 0.155 e. The largest absolute Gasteiger partial charge is 0.504 e. The second-order valence-corrected chi connectivity index (χ2v) is 9.02. The van der Waals surface area contributed by atoms with E-state index in [-0.39, 0.29) is 39.9 Å². The van der Waals surface area contributed by atoms with E-state index in [4.69, 9.17) is 13.8 Å². The summed E-state index contributed by atoms with van der Waals surface area (Å²) in [4.78, 5) is 11.1. The molecule has 0 bridgehead atoms. The van der Waals surface area contributed by atoms with Crippen LogP contribution >= 0.6 is 0 Å².